The molecule has 0 unspecified atom stereocenters. The number of hydrogen-bond acceptors (Lipinski definition) is 5. The Morgan fingerprint density at radius 3 is 3.08 bits per heavy atom. The maximum atomic E-state index is 12.4. The lowest BCUT2D eigenvalue weighted by Gasteiger charge is -2.29. The van der Waals surface area contributed by atoms with Crippen LogP contribution in [0.2, 0.25) is 0 Å². The van der Waals surface area contributed by atoms with Gasteiger partial charge in [-0.2, -0.15) is 0 Å². The highest BCUT2D eigenvalue weighted by Crippen LogP contribution is 2.54. The molecule has 3 fully saturated rings. The predicted octanol–water partition coefficient (Wildman–Crippen LogP) is 1.74. The number of likely N-dealkylation sites (tertiary alicyclic amines) is 1. The summed E-state index contributed by atoms with van der Waals surface area (Å²) in [6, 6.07) is 1.96. The smallest absolute Gasteiger partial charge is 0.304 e. The van der Waals surface area contributed by atoms with E-state index in [-0.39, 0.29) is 24.0 Å². The van der Waals surface area contributed by atoms with Gasteiger partial charge in [0.1, 0.15) is 0 Å². The van der Waals surface area contributed by atoms with Crippen molar-refractivity contribution in [1.82, 2.24) is 10.2 Å². The molecule has 3 aliphatic heterocycles. The van der Waals surface area contributed by atoms with E-state index < -0.39 is 5.97 Å². The Morgan fingerprint density at radius 1 is 1.52 bits per heavy atom. The van der Waals surface area contributed by atoms with Gasteiger partial charge in [0.15, 0.2) is 0 Å². The van der Waals surface area contributed by atoms with Crippen molar-refractivity contribution in [3.05, 3.63) is 21.9 Å². The topological polar surface area (TPSA) is 78.9 Å². The van der Waals surface area contributed by atoms with Crippen LogP contribution in [0.3, 0.4) is 0 Å². The summed E-state index contributed by atoms with van der Waals surface area (Å²) in [6.45, 7) is 4.88. The van der Waals surface area contributed by atoms with Crippen LogP contribution in [0.5, 0.6) is 0 Å². The summed E-state index contributed by atoms with van der Waals surface area (Å²) in [5.41, 5.74) is 0.904. The van der Waals surface area contributed by atoms with E-state index in [1.165, 1.54) is 11.3 Å². The lowest BCUT2D eigenvalue weighted by molar-refractivity contribution is -0.137. The van der Waals surface area contributed by atoms with Crippen molar-refractivity contribution in [1.29, 1.82) is 0 Å². The number of rotatable bonds is 6. The van der Waals surface area contributed by atoms with Crippen molar-refractivity contribution < 1.29 is 19.4 Å². The zero-order valence-corrected chi connectivity index (χ0v) is 15.2. The molecule has 1 spiro atoms. The minimum Gasteiger partial charge on any atom is -0.481 e. The van der Waals surface area contributed by atoms with Crippen molar-refractivity contribution in [2.75, 3.05) is 26.2 Å². The molecule has 1 aromatic rings. The SMILES string of the molecule is Cc1ccsc1C(=O)NC[C@H]1[C@H]2CN(CCC(=O)O)C[C@]23CC[C@H]1O3. The maximum absolute atomic E-state index is 12.4. The number of aryl methyl sites for hydroxylation is 1. The molecule has 6 nitrogen and oxygen atoms in total. The van der Waals surface area contributed by atoms with E-state index in [1.807, 2.05) is 18.4 Å². The summed E-state index contributed by atoms with van der Waals surface area (Å²) in [7, 11) is 0. The Morgan fingerprint density at radius 2 is 2.36 bits per heavy atom. The highest BCUT2D eigenvalue weighted by Gasteiger charge is 2.62. The summed E-state index contributed by atoms with van der Waals surface area (Å²) in [4.78, 5) is 26.2. The number of carboxylic acids is 1. The third kappa shape index (κ3) is 2.98. The minimum atomic E-state index is -0.755. The molecule has 7 heteroatoms. The number of ether oxygens (including phenoxy) is 1. The van der Waals surface area contributed by atoms with Gasteiger partial charge in [-0.25, -0.2) is 0 Å². The average molecular weight is 364 g/mol. The Kier molecular flexibility index (Phi) is 4.33. The average Bonchev–Trinajstić information content (AvgIpc) is 3.30. The normalized spacial score (nSPS) is 33.6. The van der Waals surface area contributed by atoms with Crippen LogP contribution in [-0.4, -0.2) is 59.8 Å². The molecule has 0 aliphatic carbocycles. The zero-order chi connectivity index (χ0) is 17.6. The molecule has 0 saturated carbocycles. The van der Waals surface area contributed by atoms with E-state index in [0.717, 1.165) is 36.4 Å². The molecule has 1 amide bonds. The number of thiophene rings is 1. The number of nitrogens with zero attached hydrogens (tertiary/aromatic N) is 1. The van der Waals surface area contributed by atoms with Gasteiger partial charge in [0.25, 0.3) is 5.91 Å². The molecular formula is C18H24N2O4S. The van der Waals surface area contributed by atoms with E-state index in [2.05, 4.69) is 10.2 Å². The lowest BCUT2D eigenvalue weighted by Crippen LogP contribution is -2.41. The maximum Gasteiger partial charge on any atom is 0.304 e. The lowest BCUT2D eigenvalue weighted by atomic mass is 9.73. The van der Waals surface area contributed by atoms with Crippen molar-refractivity contribution in [2.45, 2.75) is 37.9 Å². The van der Waals surface area contributed by atoms with Gasteiger partial charge in [-0.05, 0) is 36.8 Å². The van der Waals surface area contributed by atoms with Crippen LogP contribution in [-0.2, 0) is 9.53 Å². The third-order valence-corrected chi connectivity index (χ3v) is 7.08. The molecule has 0 radical (unpaired) electrons. The van der Waals surface area contributed by atoms with Crippen molar-refractivity contribution in [3.63, 3.8) is 0 Å². The van der Waals surface area contributed by atoms with Crippen LogP contribution in [0.25, 0.3) is 0 Å². The second-order valence-electron chi connectivity index (χ2n) is 7.55. The molecule has 136 valence electrons. The summed E-state index contributed by atoms with van der Waals surface area (Å²) in [5.74, 6) is -0.0301. The Labute approximate surface area is 151 Å². The number of carboxylic acid groups (broad SMARTS) is 1. The first kappa shape index (κ1) is 17.0. The first-order valence-electron chi connectivity index (χ1n) is 8.93. The number of carbonyl (C=O) groups excluding carboxylic acids is 1. The molecule has 0 aromatic carbocycles. The van der Waals surface area contributed by atoms with Gasteiger partial charge in [-0.3, -0.25) is 14.5 Å². The fraction of sp³-hybridized carbons (Fsp3) is 0.667. The number of carbonyl (C=O) groups is 2. The van der Waals surface area contributed by atoms with Gasteiger partial charge in [-0.1, -0.05) is 0 Å². The van der Waals surface area contributed by atoms with Crippen LogP contribution in [0.1, 0.15) is 34.5 Å². The summed E-state index contributed by atoms with van der Waals surface area (Å²) in [5, 5.41) is 14.0. The molecule has 25 heavy (non-hydrogen) atoms. The number of nitrogens with one attached hydrogen (secondary N) is 1. The molecule has 3 saturated heterocycles. The van der Waals surface area contributed by atoms with Gasteiger partial charge in [-0.15, -0.1) is 11.3 Å². The first-order chi connectivity index (χ1) is 12.0. The quantitative estimate of drug-likeness (QED) is 0.804. The van der Waals surface area contributed by atoms with Crippen LogP contribution in [0.4, 0.5) is 0 Å². The Bertz CT molecular complexity index is 690. The summed E-state index contributed by atoms with van der Waals surface area (Å²) in [6.07, 6.45) is 2.50. The number of aliphatic carboxylic acids is 1. The highest BCUT2D eigenvalue weighted by molar-refractivity contribution is 7.12. The monoisotopic (exact) mass is 364 g/mol. The van der Waals surface area contributed by atoms with E-state index in [1.54, 1.807) is 0 Å². The van der Waals surface area contributed by atoms with Crippen LogP contribution >= 0.6 is 11.3 Å². The first-order valence-corrected chi connectivity index (χ1v) is 9.81. The molecule has 3 aliphatic rings. The van der Waals surface area contributed by atoms with Gasteiger partial charge >= 0.3 is 5.97 Å². The fourth-order valence-electron chi connectivity index (χ4n) is 4.88. The fourth-order valence-corrected chi connectivity index (χ4v) is 5.72. The van der Waals surface area contributed by atoms with Gasteiger partial charge < -0.3 is 15.2 Å². The Balaban J connectivity index is 1.39. The molecule has 2 N–H and O–H groups in total. The molecule has 4 atom stereocenters. The van der Waals surface area contributed by atoms with Gasteiger partial charge in [0.2, 0.25) is 0 Å². The van der Waals surface area contributed by atoms with Crippen molar-refractivity contribution in [2.24, 2.45) is 11.8 Å². The van der Waals surface area contributed by atoms with Crippen LogP contribution in [0, 0.1) is 18.8 Å². The molecular weight excluding hydrogens is 340 g/mol. The molecule has 4 rings (SSSR count). The van der Waals surface area contributed by atoms with Crippen LogP contribution in [0.15, 0.2) is 11.4 Å². The van der Waals surface area contributed by atoms with Crippen molar-refractivity contribution in [3.8, 4) is 0 Å². The van der Waals surface area contributed by atoms with E-state index in [4.69, 9.17) is 9.84 Å². The Hall–Kier alpha value is -1.44. The summed E-state index contributed by atoms with van der Waals surface area (Å²) >= 11 is 1.48. The molecule has 1 aromatic heterocycles. The third-order valence-electron chi connectivity index (χ3n) is 6.06. The van der Waals surface area contributed by atoms with Gasteiger partial charge in [0.05, 0.1) is 23.0 Å². The minimum absolute atomic E-state index is 0.00468. The number of hydrogen-bond donors (Lipinski definition) is 2. The number of amides is 1. The largest absolute Gasteiger partial charge is 0.481 e. The van der Waals surface area contributed by atoms with E-state index >= 15 is 0 Å². The second kappa shape index (κ2) is 6.37. The van der Waals surface area contributed by atoms with E-state index in [9.17, 15) is 9.59 Å². The van der Waals surface area contributed by atoms with Crippen LogP contribution < -0.4 is 5.32 Å². The highest BCUT2D eigenvalue weighted by atomic mass is 32.1. The molecule has 4 heterocycles. The number of fused-ring (bicyclic) bond motifs is 1. The van der Waals surface area contributed by atoms with E-state index in [0.29, 0.717) is 24.9 Å². The predicted molar refractivity (Wildman–Crippen MR) is 93.9 cm³/mol. The summed E-state index contributed by atoms with van der Waals surface area (Å²) < 4.78 is 6.34. The second-order valence-corrected chi connectivity index (χ2v) is 8.47. The standard InChI is InChI=1S/C18H24N2O4S/c1-11-4-7-25-16(11)17(23)19-8-12-13-9-20(6-3-15(21)22)10-18(13)5-2-14(12)24-18/h4,7,12-14H,2-3,5-6,8-10H2,1H3,(H,19,23)(H,21,22)/t12-,13+,14+,18+/m0/s1. The van der Waals surface area contributed by atoms with Gasteiger partial charge in [0, 0.05) is 38.0 Å². The molecule has 2 bridgehead atoms. The zero-order valence-electron chi connectivity index (χ0n) is 14.4. The van der Waals surface area contributed by atoms with Crippen molar-refractivity contribution >= 4 is 23.2 Å².